The zero-order valence-corrected chi connectivity index (χ0v) is 17.6. The zero-order valence-electron chi connectivity index (χ0n) is 15.9. The molecule has 0 aliphatic heterocycles. The molecular weight excluding hydrogens is 414 g/mol. The molecule has 4 aromatic rings. The Morgan fingerprint density at radius 1 is 0.833 bits per heavy atom. The van der Waals surface area contributed by atoms with Crippen LogP contribution < -0.4 is 5.32 Å². The normalized spacial score (nSPS) is 11.2. The van der Waals surface area contributed by atoms with Crippen LogP contribution in [0.5, 0.6) is 0 Å². The molecule has 0 aliphatic rings. The van der Waals surface area contributed by atoms with Crippen molar-refractivity contribution < 1.29 is 9.90 Å². The molecule has 5 nitrogen and oxygen atoms in total. The molecule has 0 saturated carbocycles. The number of nitrogens with zero attached hydrogens (tertiary/aromatic N) is 2. The summed E-state index contributed by atoms with van der Waals surface area (Å²) in [5.74, 6) is -0.924. The second kappa shape index (κ2) is 9.11. The lowest BCUT2D eigenvalue weighted by Crippen LogP contribution is -2.38. The van der Waals surface area contributed by atoms with E-state index in [9.17, 15) is 4.79 Å². The summed E-state index contributed by atoms with van der Waals surface area (Å²) in [5.41, 5.74) is 2.52. The van der Waals surface area contributed by atoms with E-state index in [-0.39, 0.29) is 5.75 Å². The first kappa shape index (κ1) is 20.1. The molecule has 3 aromatic carbocycles. The van der Waals surface area contributed by atoms with Crippen molar-refractivity contribution in [3.8, 4) is 0 Å². The molecule has 150 valence electrons. The summed E-state index contributed by atoms with van der Waals surface area (Å²) >= 11 is 2.52. The largest absolute Gasteiger partial charge is 0.481 e. The van der Waals surface area contributed by atoms with Gasteiger partial charge in [-0.15, -0.1) is 10.2 Å². The highest BCUT2D eigenvalue weighted by atomic mass is 32.2. The Kier molecular flexibility index (Phi) is 6.11. The number of benzene rings is 3. The van der Waals surface area contributed by atoms with Gasteiger partial charge in [-0.05, 0) is 16.7 Å². The van der Waals surface area contributed by atoms with Crippen molar-refractivity contribution in [2.75, 3.05) is 11.1 Å². The Morgan fingerprint density at radius 2 is 1.30 bits per heavy atom. The number of aliphatic carboxylic acids is 1. The molecule has 0 saturated heterocycles. The van der Waals surface area contributed by atoms with Crippen LogP contribution in [-0.2, 0) is 10.3 Å². The van der Waals surface area contributed by atoms with Crippen LogP contribution in [0.15, 0.2) is 95.3 Å². The van der Waals surface area contributed by atoms with E-state index >= 15 is 0 Å². The molecule has 0 unspecified atom stereocenters. The van der Waals surface area contributed by atoms with Gasteiger partial charge in [-0.2, -0.15) is 0 Å². The number of carbonyl (C=O) groups is 1. The predicted molar refractivity (Wildman–Crippen MR) is 121 cm³/mol. The van der Waals surface area contributed by atoms with Crippen LogP contribution in [0, 0.1) is 0 Å². The third-order valence-electron chi connectivity index (χ3n) is 4.64. The summed E-state index contributed by atoms with van der Waals surface area (Å²) in [7, 11) is 0. The van der Waals surface area contributed by atoms with E-state index in [1.165, 1.54) is 23.1 Å². The van der Waals surface area contributed by atoms with Crippen molar-refractivity contribution in [3.63, 3.8) is 0 Å². The summed E-state index contributed by atoms with van der Waals surface area (Å²) in [6.07, 6.45) is 0. The topological polar surface area (TPSA) is 75.1 Å². The number of carboxylic acids is 1. The lowest BCUT2D eigenvalue weighted by Gasteiger charge is -2.36. The molecule has 0 atom stereocenters. The van der Waals surface area contributed by atoms with Crippen LogP contribution in [0.4, 0.5) is 5.13 Å². The first-order valence-electron chi connectivity index (χ1n) is 9.31. The van der Waals surface area contributed by atoms with Crippen LogP contribution in [0.2, 0.25) is 0 Å². The van der Waals surface area contributed by atoms with Crippen LogP contribution >= 0.6 is 23.1 Å². The number of anilines is 1. The number of carboxylic acid groups (broad SMARTS) is 1. The average Bonchev–Trinajstić information content (AvgIpc) is 3.25. The second-order valence-corrected chi connectivity index (χ2v) is 8.73. The minimum absolute atomic E-state index is 0.0458. The van der Waals surface area contributed by atoms with E-state index in [0.29, 0.717) is 9.47 Å². The van der Waals surface area contributed by atoms with Crippen molar-refractivity contribution >= 4 is 34.2 Å². The Morgan fingerprint density at radius 3 is 1.73 bits per heavy atom. The van der Waals surface area contributed by atoms with Crippen LogP contribution in [-0.4, -0.2) is 27.0 Å². The summed E-state index contributed by atoms with van der Waals surface area (Å²) in [5, 5.41) is 21.7. The minimum Gasteiger partial charge on any atom is -0.481 e. The Bertz CT molecular complexity index is 1010. The number of aromatic nitrogens is 2. The number of thioether (sulfide) groups is 1. The predicted octanol–water partition coefficient (Wildman–Crippen LogP) is 5.12. The maximum atomic E-state index is 10.9. The zero-order chi connectivity index (χ0) is 20.8. The molecule has 0 bridgehead atoms. The lowest BCUT2D eigenvalue weighted by molar-refractivity contribution is -0.133. The number of rotatable bonds is 8. The van der Waals surface area contributed by atoms with E-state index in [4.69, 9.17) is 5.11 Å². The Hall–Kier alpha value is -3.16. The molecule has 0 radical (unpaired) electrons. The van der Waals surface area contributed by atoms with Gasteiger partial charge >= 0.3 is 5.97 Å². The van der Waals surface area contributed by atoms with E-state index in [1.807, 2.05) is 54.6 Å². The van der Waals surface area contributed by atoms with Crippen LogP contribution in [0.1, 0.15) is 16.7 Å². The third-order valence-corrected chi connectivity index (χ3v) is 6.60. The third kappa shape index (κ3) is 4.22. The van der Waals surface area contributed by atoms with Crippen molar-refractivity contribution in [1.29, 1.82) is 0 Å². The van der Waals surface area contributed by atoms with Crippen LogP contribution in [0.25, 0.3) is 0 Å². The molecule has 30 heavy (non-hydrogen) atoms. The fourth-order valence-electron chi connectivity index (χ4n) is 3.38. The maximum Gasteiger partial charge on any atom is 0.313 e. The van der Waals surface area contributed by atoms with Gasteiger partial charge in [0.25, 0.3) is 0 Å². The fourth-order valence-corrected chi connectivity index (χ4v) is 4.91. The van der Waals surface area contributed by atoms with Gasteiger partial charge in [-0.25, -0.2) is 0 Å². The van der Waals surface area contributed by atoms with E-state index in [0.717, 1.165) is 16.7 Å². The molecule has 4 rings (SSSR count). The summed E-state index contributed by atoms with van der Waals surface area (Å²) in [4.78, 5) is 10.9. The molecule has 0 aliphatic carbocycles. The second-order valence-electron chi connectivity index (χ2n) is 6.53. The summed E-state index contributed by atoms with van der Waals surface area (Å²) in [6.45, 7) is 0. The van der Waals surface area contributed by atoms with Gasteiger partial charge < -0.3 is 10.4 Å². The first-order valence-corrected chi connectivity index (χ1v) is 11.1. The quantitative estimate of drug-likeness (QED) is 0.297. The van der Waals surface area contributed by atoms with Gasteiger partial charge in [-0.1, -0.05) is 114 Å². The highest BCUT2D eigenvalue weighted by Crippen LogP contribution is 2.41. The standard InChI is InChI=1S/C23H19N3O2S2/c27-20(28)16-29-22-26-25-21(30-22)24-23(17-10-4-1-5-11-17,18-12-6-2-7-13-18)19-14-8-3-9-15-19/h1-15H,16H2,(H,24,25)(H,27,28). The fraction of sp³-hybridized carbons (Fsp3) is 0.0870. The van der Waals surface area contributed by atoms with E-state index < -0.39 is 11.5 Å². The van der Waals surface area contributed by atoms with Gasteiger partial charge in [0.05, 0.1) is 5.75 Å². The smallest absolute Gasteiger partial charge is 0.313 e. The van der Waals surface area contributed by atoms with Crippen molar-refractivity contribution in [2.24, 2.45) is 0 Å². The van der Waals surface area contributed by atoms with Gasteiger partial charge in [0, 0.05) is 0 Å². The summed E-state index contributed by atoms with van der Waals surface area (Å²) < 4.78 is 0.614. The van der Waals surface area contributed by atoms with Gasteiger partial charge in [0.15, 0.2) is 4.34 Å². The monoisotopic (exact) mass is 433 g/mol. The van der Waals surface area contributed by atoms with E-state index in [2.05, 4.69) is 51.9 Å². The molecule has 1 heterocycles. The van der Waals surface area contributed by atoms with Crippen LogP contribution in [0.3, 0.4) is 0 Å². The number of hydrogen-bond acceptors (Lipinski definition) is 6. The van der Waals surface area contributed by atoms with Crippen molar-refractivity contribution in [3.05, 3.63) is 108 Å². The Labute approximate surface area is 182 Å². The molecule has 7 heteroatoms. The minimum atomic E-state index is -0.878. The van der Waals surface area contributed by atoms with Gasteiger partial charge in [0.1, 0.15) is 5.54 Å². The molecule has 0 spiro atoms. The van der Waals surface area contributed by atoms with Gasteiger partial charge in [0.2, 0.25) is 5.13 Å². The number of hydrogen-bond donors (Lipinski definition) is 2. The van der Waals surface area contributed by atoms with Crippen molar-refractivity contribution in [1.82, 2.24) is 10.2 Å². The maximum absolute atomic E-state index is 10.9. The van der Waals surface area contributed by atoms with Crippen molar-refractivity contribution in [2.45, 2.75) is 9.88 Å². The molecule has 0 amide bonds. The molecule has 2 N–H and O–H groups in total. The Balaban J connectivity index is 1.84. The summed E-state index contributed by atoms with van der Waals surface area (Å²) in [6, 6.07) is 30.7. The first-order chi connectivity index (χ1) is 14.7. The number of nitrogens with one attached hydrogen (secondary N) is 1. The lowest BCUT2D eigenvalue weighted by atomic mass is 9.77. The molecule has 0 fully saturated rings. The SMILES string of the molecule is O=C(O)CSc1nnc(NC(c2ccccc2)(c2ccccc2)c2ccccc2)s1. The van der Waals surface area contributed by atoms with E-state index in [1.54, 1.807) is 0 Å². The van der Waals surface area contributed by atoms with Gasteiger partial charge in [-0.3, -0.25) is 4.79 Å². The highest BCUT2D eigenvalue weighted by Gasteiger charge is 2.37. The molecular formula is C23H19N3O2S2. The highest BCUT2D eigenvalue weighted by molar-refractivity contribution is 8.01. The average molecular weight is 434 g/mol. The molecule has 1 aromatic heterocycles.